The van der Waals surface area contributed by atoms with E-state index in [1.807, 2.05) is 23.1 Å². The van der Waals surface area contributed by atoms with Gasteiger partial charge in [-0.25, -0.2) is 0 Å². The monoisotopic (exact) mass is 265 g/mol. The van der Waals surface area contributed by atoms with E-state index in [1.165, 1.54) is 16.7 Å². The normalized spacial score (nSPS) is 13.9. The molecule has 0 spiro atoms. The zero-order valence-electron chi connectivity index (χ0n) is 11.8. The quantitative estimate of drug-likeness (QED) is 0.817. The summed E-state index contributed by atoms with van der Waals surface area (Å²) in [5, 5.41) is 0. The van der Waals surface area contributed by atoms with Crippen LogP contribution in [-0.2, 0) is 24.2 Å². The standard InChI is InChI=1S/C18H19NO/c1-14-6-8-15(9-7-14)12-18(20)19-11-10-16-4-2-3-5-17(16)13-19/h2-9H,10-13H2,1H3. The third-order valence-corrected chi connectivity index (χ3v) is 3.96. The van der Waals surface area contributed by atoms with Crippen LogP contribution in [0.2, 0.25) is 0 Å². The summed E-state index contributed by atoms with van der Waals surface area (Å²) in [6.45, 7) is 3.65. The van der Waals surface area contributed by atoms with E-state index in [9.17, 15) is 4.79 Å². The topological polar surface area (TPSA) is 20.3 Å². The van der Waals surface area contributed by atoms with Crippen molar-refractivity contribution in [2.45, 2.75) is 26.3 Å². The van der Waals surface area contributed by atoms with E-state index < -0.39 is 0 Å². The Kier molecular flexibility index (Phi) is 3.55. The van der Waals surface area contributed by atoms with Gasteiger partial charge in [0, 0.05) is 13.1 Å². The Labute approximate surface area is 120 Å². The van der Waals surface area contributed by atoms with Crippen molar-refractivity contribution in [2.24, 2.45) is 0 Å². The first kappa shape index (κ1) is 12.9. The van der Waals surface area contributed by atoms with Gasteiger partial charge in [0.05, 0.1) is 6.42 Å². The summed E-state index contributed by atoms with van der Waals surface area (Å²) >= 11 is 0. The molecule has 0 fully saturated rings. The molecule has 2 nitrogen and oxygen atoms in total. The first-order chi connectivity index (χ1) is 9.72. The maximum absolute atomic E-state index is 12.4. The van der Waals surface area contributed by atoms with Gasteiger partial charge in [0.25, 0.3) is 0 Å². The highest BCUT2D eigenvalue weighted by Crippen LogP contribution is 2.19. The average molecular weight is 265 g/mol. The molecule has 0 atom stereocenters. The zero-order chi connectivity index (χ0) is 13.9. The average Bonchev–Trinajstić information content (AvgIpc) is 2.49. The molecule has 0 N–H and O–H groups in total. The molecule has 2 aromatic carbocycles. The molecule has 0 bridgehead atoms. The van der Waals surface area contributed by atoms with Gasteiger partial charge in [-0.05, 0) is 30.0 Å². The highest BCUT2D eigenvalue weighted by atomic mass is 16.2. The number of carbonyl (C=O) groups is 1. The molecule has 0 aromatic heterocycles. The summed E-state index contributed by atoms with van der Waals surface area (Å²) < 4.78 is 0. The fraction of sp³-hybridized carbons (Fsp3) is 0.278. The lowest BCUT2D eigenvalue weighted by Crippen LogP contribution is -2.36. The van der Waals surface area contributed by atoms with Gasteiger partial charge in [0.15, 0.2) is 0 Å². The summed E-state index contributed by atoms with van der Waals surface area (Å²) in [5.41, 5.74) is 5.00. The van der Waals surface area contributed by atoms with Gasteiger partial charge in [-0.3, -0.25) is 4.79 Å². The molecule has 1 heterocycles. The van der Waals surface area contributed by atoms with Gasteiger partial charge in [-0.15, -0.1) is 0 Å². The van der Waals surface area contributed by atoms with Crippen LogP contribution in [-0.4, -0.2) is 17.4 Å². The second-order valence-corrected chi connectivity index (χ2v) is 5.50. The highest BCUT2D eigenvalue weighted by molar-refractivity contribution is 5.79. The molecule has 102 valence electrons. The van der Waals surface area contributed by atoms with Crippen molar-refractivity contribution in [2.75, 3.05) is 6.54 Å². The molecule has 1 amide bonds. The predicted molar refractivity (Wildman–Crippen MR) is 80.4 cm³/mol. The Morgan fingerprint density at radius 1 is 1.05 bits per heavy atom. The summed E-state index contributed by atoms with van der Waals surface area (Å²) in [7, 11) is 0. The number of hydrogen-bond donors (Lipinski definition) is 0. The molecule has 3 rings (SSSR count). The van der Waals surface area contributed by atoms with Crippen molar-refractivity contribution >= 4 is 5.91 Å². The van der Waals surface area contributed by atoms with Gasteiger partial charge >= 0.3 is 0 Å². The molecular weight excluding hydrogens is 246 g/mol. The van der Waals surface area contributed by atoms with Crippen LogP contribution in [0.1, 0.15) is 22.3 Å². The third-order valence-electron chi connectivity index (χ3n) is 3.96. The number of nitrogens with zero attached hydrogens (tertiary/aromatic N) is 1. The molecule has 20 heavy (non-hydrogen) atoms. The number of carbonyl (C=O) groups excluding carboxylic acids is 1. The molecule has 1 aliphatic heterocycles. The molecule has 0 saturated heterocycles. The van der Waals surface area contributed by atoms with Crippen molar-refractivity contribution in [1.82, 2.24) is 4.90 Å². The predicted octanol–water partition coefficient (Wildman–Crippen LogP) is 3.12. The third kappa shape index (κ3) is 2.74. The second-order valence-electron chi connectivity index (χ2n) is 5.50. The van der Waals surface area contributed by atoms with Crippen LogP contribution in [0.25, 0.3) is 0 Å². The molecule has 2 aromatic rings. The maximum Gasteiger partial charge on any atom is 0.227 e. The Morgan fingerprint density at radius 2 is 1.75 bits per heavy atom. The van der Waals surface area contributed by atoms with Gasteiger partial charge in [-0.1, -0.05) is 54.1 Å². The first-order valence-corrected chi connectivity index (χ1v) is 7.12. The summed E-state index contributed by atoms with van der Waals surface area (Å²) in [6, 6.07) is 16.6. The van der Waals surface area contributed by atoms with Crippen LogP contribution in [0, 0.1) is 6.92 Å². The SMILES string of the molecule is Cc1ccc(CC(=O)N2CCc3ccccc3C2)cc1. The number of benzene rings is 2. The minimum absolute atomic E-state index is 0.225. The lowest BCUT2D eigenvalue weighted by molar-refractivity contribution is -0.131. The molecule has 0 saturated carbocycles. The van der Waals surface area contributed by atoms with Crippen molar-refractivity contribution in [1.29, 1.82) is 0 Å². The van der Waals surface area contributed by atoms with Crippen LogP contribution in [0.4, 0.5) is 0 Å². The number of fused-ring (bicyclic) bond motifs is 1. The lowest BCUT2D eigenvalue weighted by Gasteiger charge is -2.29. The van der Waals surface area contributed by atoms with Crippen LogP contribution < -0.4 is 0 Å². The van der Waals surface area contributed by atoms with E-state index >= 15 is 0 Å². The van der Waals surface area contributed by atoms with Crippen LogP contribution in [0.5, 0.6) is 0 Å². The van der Waals surface area contributed by atoms with E-state index in [1.54, 1.807) is 0 Å². The van der Waals surface area contributed by atoms with Gasteiger partial charge in [0.1, 0.15) is 0 Å². The molecule has 2 heteroatoms. The fourth-order valence-corrected chi connectivity index (χ4v) is 2.70. The van der Waals surface area contributed by atoms with Crippen LogP contribution in [0.3, 0.4) is 0 Å². The zero-order valence-corrected chi connectivity index (χ0v) is 11.8. The maximum atomic E-state index is 12.4. The van der Waals surface area contributed by atoms with Crippen molar-refractivity contribution in [3.05, 3.63) is 70.8 Å². The molecule has 0 unspecified atom stereocenters. The van der Waals surface area contributed by atoms with Gasteiger partial charge in [-0.2, -0.15) is 0 Å². The lowest BCUT2D eigenvalue weighted by atomic mass is 9.99. The Bertz CT molecular complexity index is 616. The molecule has 1 aliphatic rings. The van der Waals surface area contributed by atoms with E-state index in [4.69, 9.17) is 0 Å². The number of hydrogen-bond acceptors (Lipinski definition) is 1. The Balaban J connectivity index is 1.68. The molecule has 0 radical (unpaired) electrons. The number of amides is 1. The van der Waals surface area contributed by atoms with E-state index in [0.717, 1.165) is 25.1 Å². The van der Waals surface area contributed by atoms with E-state index in [0.29, 0.717) is 6.42 Å². The molecule has 0 aliphatic carbocycles. The van der Waals surface area contributed by atoms with E-state index in [2.05, 4.69) is 37.3 Å². The minimum atomic E-state index is 0.225. The van der Waals surface area contributed by atoms with Crippen molar-refractivity contribution in [3.63, 3.8) is 0 Å². The van der Waals surface area contributed by atoms with Crippen molar-refractivity contribution < 1.29 is 4.79 Å². The Hall–Kier alpha value is -2.09. The second kappa shape index (κ2) is 5.49. The summed E-state index contributed by atoms with van der Waals surface area (Å²) in [4.78, 5) is 14.4. The largest absolute Gasteiger partial charge is 0.338 e. The number of aryl methyl sites for hydroxylation is 1. The Morgan fingerprint density at radius 3 is 2.50 bits per heavy atom. The minimum Gasteiger partial charge on any atom is -0.338 e. The van der Waals surface area contributed by atoms with Crippen LogP contribution >= 0.6 is 0 Å². The van der Waals surface area contributed by atoms with Crippen LogP contribution in [0.15, 0.2) is 48.5 Å². The highest BCUT2D eigenvalue weighted by Gasteiger charge is 2.20. The molecular formula is C18H19NO. The smallest absolute Gasteiger partial charge is 0.227 e. The van der Waals surface area contributed by atoms with Crippen molar-refractivity contribution in [3.8, 4) is 0 Å². The van der Waals surface area contributed by atoms with Gasteiger partial charge < -0.3 is 4.90 Å². The summed E-state index contributed by atoms with van der Waals surface area (Å²) in [5.74, 6) is 0.225. The number of rotatable bonds is 2. The first-order valence-electron chi connectivity index (χ1n) is 7.12. The van der Waals surface area contributed by atoms with E-state index in [-0.39, 0.29) is 5.91 Å². The van der Waals surface area contributed by atoms with Gasteiger partial charge in [0.2, 0.25) is 5.91 Å². The fourth-order valence-electron chi connectivity index (χ4n) is 2.70. The summed E-state index contributed by atoms with van der Waals surface area (Å²) in [6.07, 6.45) is 1.47.